The molecule has 0 atom stereocenters. The van der Waals surface area contributed by atoms with Gasteiger partial charge in [0.1, 0.15) is 17.8 Å². The van der Waals surface area contributed by atoms with Crippen LogP contribution in [-0.4, -0.2) is 11.2 Å². The molecule has 0 heterocycles. The molecule has 5 heteroatoms. The maximum atomic E-state index is 10.5. The number of nitro groups is 1. The second kappa shape index (κ2) is 5.77. The quantitative estimate of drug-likeness (QED) is 0.468. The van der Waals surface area contributed by atoms with Crippen LogP contribution in [0.15, 0.2) is 48.5 Å². The van der Waals surface area contributed by atoms with Gasteiger partial charge in [-0.2, -0.15) is 0 Å². The Labute approximate surface area is 109 Å². The van der Waals surface area contributed by atoms with Crippen LogP contribution >= 0.6 is 0 Å². The van der Waals surface area contributed by atoms with Crippen molar-refractivity contribution in [2.45, 2.75) is 6.42 Å². The third kappa shape index (κ3) is 3.38. The summed E-state index contributed by atoms with van der Waals surface area (Å²) in [5.74, 6) is 1.14. The average molecular weight is 257 g/mol. The van der Waals surface area contributed by atoms with Crippen molar-refractivity contribution in [2.75, 3.05) is 0 Å². The molecule has 0 aliphatic carbocycles. The highest BCUT2D eigenvalue weighted by molar-refractivity contribution is 5.55. The van der Waals surface area contributed by atoms with Crippen molar-refractivity contribution in [1.29, 1.82) is 0 Å². The lowest BCUT2D eigenvalue weighted by molar-refractivity contribution is -0.384. The fraction of sp³-hybridized carbons (Fsp3) is 0.0714. The Morgan fingerprint density at radius 2 is 1.53 bits per heavy atom. The van der Waals surface area contributed by atoms with Gasteiger partial charge in [-0.25, -0.2) is 0 Å². The fourth-order valence-corrected chi connectivity index (χ4v) is 1.56. The molecule has 0 radical (unpaired) electrons. The summed E-state index contributed by atoms with van der Waals surface area (Å²) in [6.07, 6.45) is 1.21. The number of hydrogen-bond donors (Lipinski definition) is 0. The van der Waals surface area contributed by atoms with Crippen LogP contribution in [0.5, 0.6) is 11.5 Å². The predicted octanol–water partition coefficient (Wildman–Crippen LogP) is 3.13. The van der Waals surface area contributed by atoms with Gasteiger partial charge in [-0.3, -0.25) is 10.1 Å². The molecule has 0 bridgehead atoms. The van der Waals surface area contributed by atoms with Crippen LogP contribution < -0.4 is 4.74 Å². The number of carbonyl (C=O) groups excluding carboxylic acids is 1. The molecule has 96 valence electrons. The molecule has 0 saturated heterocycles. The maximum Gasteiger partial charge on any atom is 0.269 e. The number of ether oxygens (including phenoxy) is 1. The van der Waals surface area contributed by atoms with E-state index in [4.69, 9.17) is 4.74 Å². The zero-order valence-electron chi connectivity index (χ0n) is 9.98. The molecule has 2 aromatic carbocycles. The molecule has 0 aromatic heterocycles. The van der Waals surface area contributed by atoms with Gasteiger partial charge < -0.3 is 9.53 Å². The molecule has 0 spiro atoms. The number of rotatable bonds is 5. The predicted molar refractivity (Wildman–Crippen MR) is 69.4 cm³/mol. The Balaban J connectivity index is 2.07. The van der Waals surface area contributed by atoms with Gasteiger partial charge in [0.05, 0.1) is 4.92 Å². The van der Waals surface area contributed by atoms with E-state index in [1.165, 1.54) is 24.3 Å². The van der Waals surface area contributed by atoms with Gasteiger partial charge in [0, 0.05) is 18.6 Å². The molecular formula is C14H11NO4. The van der Waals surface area contributed by atoms with Crippen molar-refractivity contribution >= 4 is 12.0 Å². The lowest BCUT2D eigenvalue weighted by Crippen LogP contribution is -1.89. The molecule has 0 aliphatic rings. The number of carbonyl (C=O) groups is 1. The summed E-state index contributed by atoms with van der Waals surface area (Å²) in [6, 6.07) is 13.0. The monoisotopic (exact) mass is 257 g/mol. The van der Waals surface area contributed by atoms with Crippen molar-refractivity contribution in [2.24, 2.45) is 0 Å². The van der Waals surface area contributed by atoms with Crippen LogP contribution in [0.25, 0.3) is 0 Å². The summed E-state index contributed by atoms with van der Waals surface area (Å²) < 4.78 is 5.54. The standard InChI is InChI=1S/C14H11NO4/c16-10-9-11-1-5-13(6-2-11)19-14-7-3-12(4-8-14)15(17)18/h1-8,10H,9H2. The molecule has 0 aliphatic heterocycles. The Morgan fingerprint density at radius 1 is 1.00 bits per heavy atom. The van der Waals surface area contributed by atoms with E-state index in [2.05, 4.69) is 0 Å². The summed E-state index contributed by atoms with van der Waals surface area (Å²) in [6.45, 7) is 0. The number of nitro benzene ring substituents is 1. The molecule has 0 N–H and O–H groups in total. The SMILES string of the molecule is O=CCc1ccc(Oc2ccc([N+](=O)[O-])cc2)cc1. The largest absolute Gasteiger partial charge is 0.457 e. The third-order valence-corrected chi connectivity index (χ3v) is 2.53. The summed E-state index contributed by atoms with van der Waals surface area (Å²) in [5.41, 5.74) is 0.930. The Hall–Kier alpha value is -2.69. The highest BCUT2D eigenvalue weighted by atomic mass is 16.6. The van der Waals surface area contributed by atoms with Gasteiger partial charge in [0.25, 0.3) is 5.69 Å². The molecule has 0 amide bonds. The second-order valence-electron chi connectivity index (χ2n) is 3.87. The topological polar surface area (TPSA) is 69.4 Å². The Kier molecular flexibility index (Phi) is 3.87. The molecule has 19 heavy (non-hydrogen) atoms. The first-order chi connectivity index (χ1) is 9.19. The zero-order chi connectivity index (χ0) is 13.7. The summed E-state index contributed by atoms with van der Waals surface area (Å²) in [4.78, 5) is 20.4. The zero-order valence-corrected chi connectivity index (χ0v) is 9.98. The van der Waals surface area contributed by atoms with E-state index in [-0.39, 0.29) is 5.69 Å². The van der Waals surface area contributed by atoms with Gasteiger partial charge >= 0.3 is 0 Å². The third-order valence-electron chi connectivity index (χ3n) is 2.53. The van der Waals surface area contributed by atoms with Crippen LogP contribution in [0.3, 0.4) is 0 Å². The van der Waals surface area contributed by atoms with E-state index in [0.29, 0.717) is 17.9 Å². The van der Waals surface area contributed by atoms with Crippen molar-refractivity contribution in [3.05, 3.63) is 64.2 Å². The Morgan fingerprint density at radius 3 is 2.00 bits per heavy atom. The molecule has 0 saturated carbocycles. The summed E-state index contributed by atoms with van der Waals surface area (Å²) >= 11 is 0. The van der Waals surface area contributed by atoms with E-state index >= 15 is 0 Å². The first-order valence-corrected chi connectivity index (χ1v) is 5.64. The van der Waals surface area contributed by atoms with E-state index < -0.39 is 4.92 Å². The molecule has 0 fully saturated rings. The van der Waals surface area contributed by atoms with Crippen molar-refractivity contribution in [3.63, 3.8) is 0 Å². The van der Waals surface area contributed by atoms with Gasteiger partial charge in [-0.05, 0) is 29.8 Å². The van der Waals surface area contributed by atoms with Gasteiger partial charge in [0.15, 0.2) is 0 Å². The van der Waals surface area contributed by atoms with Gasteiger partial charge in [0.2, 0.25) is 0 Å². The first kappa shape index (κ1) is 12.8. The van der Waals surface area contributed by atoms with Crippen molar-refractivity contribution < 1.29 is 14.5 Å². The van der Waals surface area contributed by atoms with E-state index in [1.54, 1.807) is 24.3 Å². The molecule has 5 nitrogen and oxygen atoms in total. The molecule has 0 unspecified atom stereocenters. The summed E-state index contributed by atoms with van der Waals surface area (Å²) in [5, 5.41) is 10.5. The summed E-state index contributed by atoms with van der Waals surface area (Å²) in [7, 11) is 0. The van der Waals surface area contributed by atoms with Gasteiger partial charge in [-0.15, -0.1) is 0 Å². The average Bonchev–Trinajstić information content (AvgIpc) is 2.42. The van der Waals surface area contributed by atoms with E-state index in [9.17, 15) is 14.9 Å². The molecule has 2 aromatic rings. The Bertz CT molecular complexity index is 575. The van der Waals surface area contributed by atoms with Crippen LogP contribution in [0.1, 0.15) is 5.56 Å². The number of benzene rings is 2. The normalized spacial score (nSPS) is 9.89. The van der Waals surface area contributed by atoms with E-state index in [1.807, 2.05) is 0 Å². The maximum absolute atomic E-state index is 10.5. The lowest BCUT2D eigenvalue weighted by Gasteiger charge is -2.05. The van der Waals surface area contributed by atoms with Crippen LogP contribution in [0.4, 0.5) is 5.69 Å². The lowest BCUT2D eigenvalue weighted by atomic mass is 10.2. The smallest absolute Gasteiger partial charge is 0.269 e. The van der Waals surface area contributed by atoms with Crippen LogP contribution in [-0.2, 0) is 11.2 Å². The minimum atomic E-state index is -0.460. The minimum Gasteiger partial charge on any atom is -0.457 e. The molecule has 2 rings (SSSR count). The number of non-ortho nitro benzene ring substituents is 1. The van der Waals surface area contributed by atoms with Crippen LogP contribution in [0, 0.1) is 10.1 Å². The van der Waals surface area contributed by atoms with Crippen LogP contribution in [0.2, 0.25) is 0 Å². The number of aldehydes is 1. The highest BCUT2D eigenvalue weighted by Crippen LogP contribution is 2.23. The highest BCUT2D eigenvalue weighted by Gasteiger charge is 2.05. The number of nitrogens with zero attached hydrogens (tertiary/aromatic N) is 1. The second-order valence-corrected chi connectivity index (χ2v) is 3.87. The van der Waals surface area contributed by atoms with Crippen molar-refractivity contribution in [3.8, 4) is 11.5 Å². The first-order valence-electron chi connectivity index (χ1n) is 5.64. The van der Waals surface area contributed by atoms with Gasteiger partial charge in [-0.1, -0.05) is 12.1 Å². The van der Waals surface area contributed by atoms with Crippen molar-refractivity contribution in [1.82, 2.24) is 0 Å². The number of hydrogen-bond acceptors (Lipinski definition) is 4. The minimum absolute atomic E-state index is 0.0219. The molecular weight excluding hydrogens is 246 g/mol. The van der Waals surface area contributed by atoms with E-state index in [0.717, 1.165) is 11.8 Å². The fourth-order valence-electron chi connectivity index (χ4n) is 1.56.